The van der Waals surface area contributed by atoms with Crippen LogP contribution in [0.15, 0.2) is 12.1 Å². The summed E-state index contributed by atoms with van der Waals surface area (Å²) in [7, 11) is 0. The van der Waals surface area contributed by atoms with Gasteiger partial charge in [0.1, 0.15) is 0 Å². The molecule has 0 amide bonds. The molecule has 2 nitrogen and oxygen atoms in total. The molecule has 1 aliphatic carbocycles. The second-order valence-electron chi connectivity index (χ2n) is 3.48. The summed E-state index contributed by atoms with van der Waals surface area (Å²) in [4.78, 5) is 0. The van der Waals surface area contributed by atoms with E-state index in [0.29, 0.717) is 0 Å². The van der Waals surface area contributed by atoms with Gasteiger partial charge in [0, 0.05) is 5.69 Å². The minimum Gasteiger partial charge on any atom is -0.398 e. The molecule has 2 N–H and O–H groups in total. The predicted octanol–water partition coefficient (Wildman–Crippen LogP) is 2.44. The number of benzene rings is 1. The molecule has 1 aliphatic rings. The fourth-order valence-corrected chi connectivity index (χ4v) is 2.00. The molecule has 0 spiro atoms. The summed E-state index contributed by atoms with van der Waals surface area (Å²) in [5.41, 5.74) is 9.92. The molecule has 74 valence electrons. The molecule has 0 unspecified atom stereocenters. The number of anilines is 1. The van der Waals surface area contributed by atoms with E-state index in [4.69, 9.17) is 11.0 Å². The highest BCUT2D eigenvalue weighted by Crippen LogP contribution is 2.28. The minimum absolute atomic E-state index is 0. The van der Waals surface area contributed by atoms with Gasteiger partial charge in [-0.15, -0.1) is 12.4 Å². The van der Waals surface area contributed by atoms with Crippen molar-refractivity contribution in [3.63, 3.8) is 0 Å². The highest BCUT2D eigenvalue weighted by Gasteiger charge is 2.15. The maximum Gasteiger partial charge on any atom is 0.0994 e. The van der Waals surface area contributed by atoms with Crippen LogP contribution in [0.5, 0.6) is 0 Å². The van der Waals surface area contributed by atoms with Crippen molar-refractivity contribution in [2.24, 2.45) is 0 Å². The zero-order valence-electron chi connectivity index (χ0n) is 7.92. The molecular formula is C11H13ClN2. The van der Waals surface area contributed by atoms with E-state index in [1.165, 1.54) is 24.0 Å². The number of hydrogen-bond acceptors (Lipinski definition) is 2. The van der Waals surface area contributed by atoms with Crippen molar-refractivity contribution in [2.45, 2.75) is 25.7 Å². The summed E-state index contributed by atoms with van der Waals surface area (Å²) in [6.07, 6.45) is 4.44. The van der Waals surface area contributed by atoms with Crippen LogP contribution in [0, 0.1) is 11.3 Å². The predicted molar refractivity (Wildman–Crippen MR) is 59.5 cm³/mol. The topological polar surface area (TPSA) is 49.8 Å². The van der Waals surface area contributed by atoms with E-state index in [1.54, 1.807) is 0 Å². The molecular weight excluding hydrogens is 196 g/mol. The molecule has 0 radical (unpaired) electrons. The molecule has 0 aliphatic heterocycles. The van der Waals surface area contributed by atoms with Gasteiger partial charge in [0.2, 0.25) is 0 Å². The number of nitrogens with two attached hydrogens (primary N) is 1. The average molecular weight is 209 g/mol. The third-order valence-electron chi connectivity index (χ3n) is 2.69. The van der Waals surface area contributed by atoms with Gasteiger partial charge < -0.3 is 5.73 Å². The molecule has 0 bridgehead atoms. The van der Waals surface area contributed by atoms with Crippen molar-refractivity contribution < 1.29 is 0 Å². The Morgan fingerprint density at radius 3 is 2.43 bits per heavy atom. The first kappa shape index (κ1) is 10.9. The maximum absolute atomic E-state index is 8.89. The minimum atomic E-state index is 0. The molecule has 14 heavy (non-hydrogen) atoms. The second kappa shape index (κ2) is 4.34. The summed E-state index contributed by atoms with van der Waals surface area (Å²) in [6.45, 7) is 0. The SMILES string of the molecule is Cl.N#Cc1ccc(N)c2c1CCCC2. The highest BCUT2D eigenvalue weighted by molar-refractivity contribution is 5.85. The van der Waals surface area contributed by atoms with Gasteiger partial charge in [-0.25, -0.2) is 0 Å². The first-order valence-corrected chi connectivity index (χ1v) is 4.63. The lowest BCUT2D eigenvalue weighted by molar-refractivity contribution is 0.686. The third kappa shape index (κ3) is 1.69. The first-order valence-electron chi connectivity index (χ1n) is 4.63. The second-order valence-corrected chi connectivity index (χ2v) is 3.48. The van der Waals surface area contributed by atoms with Gasteiger partial charge in [0.25, 0.3) is 0 Å². The van der Waals surface area contributed by atoms with Gasteiger partial charge in [0.15, 0.2) is 0 Å². The van der Waals surface area contributed by atoms with Crippen molar-refractivity contribution in [1.29, 1.82) is 5.26 Å². The average Bonchev–Trinajstić information content (AvgIpc) is 2.19. The molecule has 0 fully saturated rings. The Morgan fingerprint density at radius 1 is 1.14 bits per heavy atom. The van der Waals surface area contributed by atoms with Crippen molar-refractivity contribution in [1.82, 2.24) is 0 Å². The zero-order chi connectivity index (χ0) is 9.26. The standard InChI is InChI=1S/C11H12N2.ClH/c12-7-8-5-6-11(13)10-4-2-1-3-9(8)10;/h5-6H,1-4,13H2;1H. The van der Waals surface area contributed by atoms with Crippen LogP contribution in [0.3, 0.4) is 0 Å². The number of nitrogens with zero attached hydrogens (tertiary/aromatic N) is 1. The van der Waals surface area contributed by atoms with Crippen molar-refractivity contribution >= 4 is 18.1 Å². The fraction of sp³-hybridized carbons (Fsp3) is 0.364. The van der Waals surface area contributed by atoms with Crippen LogP contribution >= 0.6 is 12.4 Å². The van der Waals surface area contributed by atoms with Gasteiger partial charge in [-0.05, 0) is 48.9 Å². The van der Waals surface area contributed by atoms with Gasteiger partial charge in [-0.3, -0.25) is 0 Å². The summed E-state index contributed by atoms with van der Waals surface area (Å²) < 4.78 is 0. The summed E-state index contributed by atoms with van der Waals surface area (Å²) in [5.74, 6) is 0. The zero-order valence-corrected chi connectivity index (χ0v) is 8.73. The van der Waals surface area contributed by atoms with Gasteiger partial charge in [-0.1, -0.05) is 0 Å². The van der Waals surface area contributed by atoms with Crippen molar-refractivity contribution in [3.05, 3.63) is 28.8 Å². The summed E-state index contributed by atoms with van der Waals surface area (Å²) in [5, 5.41) is 8.89. The van der Waals surface area contributed by atoms with Crippen LogP contribution in [0.4, 0.5) is 5.69 Å². The van der Waals surface area contributed by atoms with E-state index in [2.05, 4.69) is 6.07 Å². The number of nitrogen functional groups attached to an aromatic ring is 1. The molecule has 1 aromatic rings. The molecule has 0 saturated heterocycles. The Hall–Kier alpha value is -1.20. The van der Waals surface area contributed by atoms with Crippen LogP contribution in [-0.4, -0.2) is 0 Å². The Morgan fingerprint density at radius 2 is 1.79 bits per heavy atom. The Kier molecular flexibility index (Phi) is 3.38. The van der Waals surface area contributed by atoms with Crippen LogP contribution in [0.1, 0.15) is 29.5 Å². The van der Waals surface area contributed by atoms with E-state index in [-0.39, 0.29) is 12.4 Å². The van der Waals surface area contributed by atoms with E-state index < -0.39 is 0 Å². The van der Waals surface area contributed by atoms with E-state index in [0.717, 1.165) is 24.1 Å². The van der Waals surface area contributed by atoms with E-state index in [9.17, 15) is 0 Å². The van der Waals surface area contributed by atoms with Crippen molar-refractivity contribution in [2.75, 3.05) is 5.73 Å². The molecule has 0 atom stereocenters. The number of halogens is 1. The highest BCUT2D eigenvalue weighted by atomic mass is 35.5. The molecule has 0 aromatic heterocycles. The van der Waals surface area contributed by atoms with Crippen LogP contribution in [-0.2, 0) is 12.8 Å². The van der Waals surface area contributed by atoms with Crippen LogP contribution in [0.25, 0.3) is 0 Å². The fourth-order valence-electron chi connectivity index (χ4n) is 2.00. The Bertz CT molecular complexity index is 380. The van der Waals surface area contributed by atoms with E-state index in [1.807, 2.05) is 12.1 Å². The molecule has 2 rings (SSSR count). The van der Waals surface area contributed by atoms with E-state index >= 15 is 0 Å². The van der Waals surface area contributed by atoms with Gasteiger partial charge >= 0.3 is 0 Å². The first-order chi connectivity index (χ1) is 6.33. The quantitative estimate of drug-likeness (QED) is 0.666. The van der Waals surface area contributed by atoms with Crippen molar-refractivity contribution in [3.8, 4) is 6.07 Å². The third-order valence-corrected chi connectivity index (χ3v) is 2.69. The maximum atomic E-state index is 8.89. The molecule has 0 saturated carbocycles. The molecule has 3 heteroatoms. The smallest absolute Gasteiger partial charge is 0.0994 e. The Labute approximate surface area is 90.1 Å². The Balaban J connectivity index is 0.000000980. The monoisotopic (exact) mass is 208 g/mol. The number of fused-ring (bicyclic) bond motifs is 1. The summed E-state index contributed by atoms with van der Waals surface area (Å²) >= 11 is 0. The molecule has 1 aromatic carbocycles. The van der Waals surface area contributed by atoms with Gasteiger partial charge in [0.05, 0.1) is 11.6 Å². The number of nitriles is 1. The summed E-state index contributed by atoms with van der Waals surface area (Å²) in [6, 6.07) is 5.91. The van der Waals surface area contributed by atoms with Crippen LogP contribution < -0.4 is 5.73 Å². The lowest BCUT2D eigenvalue weighted by Gasteiger charge is -2.18. The van der Waals surface area contributed by atoms with Gasteiger partial charge in [-0.2, -0.15) is 5.26 Å². The van der Waals surface area contributed by atoms with Crippen LogP contribution in [0.2, 0.25) is 0 Å². The number of hydrogen-bond donors (Lipinski definition) is 1. The largest absolute Gasteiger partial charge is 0.398 e. The lowest BCUT2D eigenvalue weighted by Crippen LogP contribution is -2.08. The molecule has 0 heterocycles. The lowest BCUT2D eigenvalue weighted by atomic mass is 9.87. The number of rotatable bonds is 0. The normalized spacial score (nSPS) is 13.6.